The van der Waals surface area contributed by atoms with Crippen LogP contribution in [0.25, 0.3) is 0 Å². The third-order valence-electron chi connectivity index (χ3n) is 4.97. The van der Waals surface area contributed by atoms with Gasteiger partial charge in [-0.15, -0.1) is 0 Å². The van der Waals surface area contributed by atoms with Gasteiger partial charge < -0.3 is 4.74 Å². The van der Waals surface area contributed by atoms with Crippen molar-refractivity contribution in [2.24, 2.45) is 5.92 Å². The molecule has 0 spiro atoms. The van der Waals surface area contributed by atoms with Gasteiger partial charge >= 0.3 is 0 Å². The van der Waals surface area contributed by atoms with Gasteiger partial charge in [-0.1, -0.05) is 48.5 Å². The molecule has 2 aromatic carbocycles. The van der Waals surface area contributed by atoms with Crippen LogP contribution in [-0.4, -0.2) is 24.5 Å². The highest BCUT2D eigenvalue weighted by atomic mass is 16.5. The maximum Gasteiger partial charge on any atom is 0.151 e. The molecule has 2 aromatic rings. The number of ether oxygens (including phenoxy) is 1. The molecule has 0 amide bonds. The van der Waals surface area contributed by atoms with Crippen LogP contribution in [0.3, 0.4) is 0 Å². The van der Waals surface area contributed by atoms with Gasteiger partial charge in [0.15, 0.2) is 17.3 Å². The van der Waals surface area contributed by atoms with Crippen LogP contribution in [0.4, 0.5) is 0 Å². The van der Waals surface area contributed by atoms with E-state index >= 15 is 0 Å². The number of carbonyl (C=O) groups excluding carboxylic acids is 3. The number of aryl methyl sites for hydroxylation is 1. The average Bonchev–Trinajstić information content (AvgIpc) is 2.66. The number of hydrogen-bond donors (Lipinski definition) is 0. The molecule has 0 bridgehead atoms. The fourth-order valence-corrected chi connectivity index (χ4v) is 3.60. The van der Waals surface area contributed by atoms with E-state index in [1.54, 1.807) is 7.11 Å². The van der Waals surface area contributed by atoms with E-state index in [0.717, 1.165) is 11.1 Å². The number of benzene rings is 2. The predicted octanol–water partition coefficient (Wildman–Crippen LogP) is 3.53. The molecule has 1 fully saturated rings. The number of ketones is 3. The lowest BCUT2D eigenvalue weighted by Gasteiger charge is -2.26. The van der Waals surface area contributed by atoms with Gasteiger partial charge in [-0.05, 0) is 29.5 Å². The molecule has 0 atom stereocenters. The van der Waals surface area contributed by atoms with Crippen molar-refractivity contribution in [3.05, 3.63) is 65.7 Å². The van der Waals surface area contributed by atoms with Crippen molar-refractivity contribution in [3.63, 3.8) is 0 Å². The Morgan fingerprint density at radius 3 is 2.23 bits per heavy atom. The highest BCUT2D eigenvalue weighted by Crippen LogP contribution is 2.32. The monoisotopic (exact) mass is 350 g/mol. The second-order valence-corrected chi connectivity index (χ2v) is 6.66. The average molecular weight is 350 g/mol. The second kappa shape index (κ2) is 8.09. The van der Waals surface area contributed by atoms with Gasteiger partial charge in [0.05, 0.1) is 7.11 Å². The molecule has 0 heterocycles. The molecule has 0 radical (unpaired) electrons. The SMILES string of the molecule is COc1ccccc1CCC(=O)C1C(=O)CC(c2ccccc2)CC1=O. The maximum absolute atomic E-state index is 12.6. The second-order valence-electron chi connectivity index (χ2n) is 6.66. The van der Waals surface area contributed by atoms with Crippen molar-refractivity contribution in [2.45, 2.75) is 31.6 Å². The maximum atomic E-state index is 12.6. The normalized spacial score (nSPS) is 20.0. The Morgan fingerprint density at radius 1 is 0.962 bits per heavy atom. The minimum absolute atomic E-state index is 0.116. The molecule has 0 N–H and O–H groups in total. The summed E-state index contributed by atoms with van der Waals surface area (Å²) in [6.45, 7) is 0. The summed E-state index contributed by atoms with van der Waals surface area (Å²) in [7, 11) is 1.58. The minimum atomic E-state index is -1.09. The van der Waals surface area contributed by atoms with Crippen LogP contribution < -0.4 is 4.74 Å². The quantitative estimate of drug-likeness (QED) is 0.748. The van der Waals surface area contributed by atoms with Crippen LogP contribution in [0.5, 0.6) is 5.75 Å². The zero-order chi connectivity index (χ0) is 18.5. The molecule has 3 rings (SSSR count). The highest BCUT2D eigenvalue weighted by molar-refractivity contribution is 6.21. The van der Waals surface area contributed by atoms with E-state index in [1.807, 2.05) is 54.6 Å². The van der Waals surface area contributed by atoms with Gasteiger partial charge in [0.2, 0.25) is 0 Å². The van der Waals surface area contributed by atoms with Crippen molar-refractivity contribution < 1.29 is 19.1 Å². The third kappa shape index (κ3) is 3.90. The van der Waals surface area contributed by atoms with Crippen molar-refractivity contribution in [1.82, 2.24) is 0 Å². The molecule has 1 aliphatic carbocycles. The lowest BCUT2D eigenvalue weighted by Crippen LogP contribution is -2.38. The Hall–Kier alpha value is -2.75. The summed E-state index contributed by atoms with van der Waals surface area (Å²) in [5, 5.41) is 0. The van der Waals surface area contributed by atoms with Crippen LogP contribution in [0.2, 0.25) is 0 Å². The largest absolute Gasteiger partial charge is 0.496 e. The standard InChI is InChI=1S/C22H22O4/c1-26-21-10-6-5-9-16(21)11-12-18(23)22-19(24)13-17(14-20(22)25)15-7-3-2-4-8-15/h2-10,17,22H,11-14H2,1H3. The number of hydrogen-bond acceptors (Lipinski definition) is 4. The highest BCUT2D eigenvalue weighted by Gasteiger charge is 2.39. The van der Waals surface area contributed by atoms with Gasteiger partial charge in [0, 0.05) is 19.3 Å². The van der Waals surface area contributed by atoms with E-state index < -0.39 is 5.92 Å². The first-order chi connectivity index (χ1) is 12.6. The number of rotatable bonds is 6. The van der Waals surface area contributed by atoms with Gasteiger partial charge in [0.1, 0.15) is 11.7 Å². The Kier molecular flexibility index (Phi) is 5.61. The topological polar surface area (TPSA) is 60.4 Å². The summed E-state index contributed by atoms with van der Waals surface area (Å²) < 4.78 is 5.28. The van der Waals surface area contributed by atoms with Crippen LogP contribution >= 0.6 is 0 Å². The van der Waals surface area contributed by atoms with Crippen molar-refractivity contribution in [3.8, 4) is 5.75 Å². The van der Waals surface area contributed by atoms with Gasteiger partial charge in [-0.3, -0.25) is 14.4 Å². The van der Waals surface area contributed by atoms with E-state index in [2.05, 4.69) is 0 Å². The summed E-state index contributed by atoms with van der Waals surface area (Å²) in [6, 6.07) is 17.0. The fourth-order valence-electron chi connectivity index (χ4n) is 3.60. The Bertz CT molecular complexity index is 792. The van der Waals surface area contributed by atoms with Crippen molar-refractivity contribution in [2.75, 3.05) is 7.11 Å². The van der Waals surface area contributed by atoms with Crippen LogP contribution in [0, 0.1) is 5.92 Å². The molecule has 1 aliphatic rings. The first kappa shape index (κ1) is 18.1. The lowest BCUT2D eigenvalue weighted by molar-refractivity contribution is -0.142. The molecule has 0 aliphatic heterocycles. The molecule has 0 aromatic heterocycles. The van der Waals surface area contributed by atoms with E-state index in [0.29, 0.717) is 12.2 Å². The molecule has 1 saturated carbocycles. The third-order valence-corrected chi connectivity index (χ3v) is 4.97. The summed E-state index contributed by atoms with van der Waals surface area (Å²) in [6.07, 6.45) is 1.13. The molecule has 134 valence electrons. The summed E-state index contributed by atoms with van der Waals surface area (Å²) in [4.78, 5) is 37.5. The molecule has 26 heavy (non-hydrogen) atoms. The first-order valence-electron chi connectivity index (χ1n) is 8.85. The van der Waals surface area contributed by atoms with Crippen molar-refractivity contribution in [1.29, 1.82) is 0 Å². The van der Waals surface area contributed by atoms with Gasteiger partial charge in [0.25, 0.3) is 0 Å². The van der Waals surface area contributed by atoms with E-state index in [4.69, 9.17) is 4.74 Å². The van der Waals surface area contributed by atoms with Crippen molar-refractivity contribution >= 4 is 17.3 Å². The molecular formula is C22H22O4. The predicted molar refractivity (Wildman–Crippen MR) is 98.2 cm³/mol. The van der Waals surface area contributed by atoms with Gasteiger partial charge in [-0.2, -0.15) is 0 Å². The van der Waals surface area contributed by atoms with E-state index in [1.165, 1.54) is 0 Å². The summed E-state index contributed by atoms with van der Waals surface area (Å²) in [5.41, 5.74) is 1.88. The Labute approximate surface area is 153 Å². The Morgan fingerprint density at radius 2 is 1.58 bits per heavy atom. The summed E-state index contributed by atoms with van der Waals surface area (Å²) >= 11 is 0. The smallest absolute Gasteiger partial charge is 0.151 e. The molecule has 4 nitrogen and oxygen atoms in total. The molecular weight excluding hydrogens is 328 g/mol. The number of Topliss-reactive ketones (excluding diaryl/α,β-unsaturated/α-hetero) is 3. The Balaban J connectivity index is 1.65. The zero-order valence-corrected chi connectivity index (χ0v) is 14.8. The van der Waals surface area contributed by atoms with Gasteiger partial charge in [-0.25, -0.2) is 0 Å². The van der Waals surface area contributed by atoms with Crippen LogP contribution in [0.1, 0.15) is 36.3 Å². The van der Waals surface area contributed by atoms with Crippen LogP contribution in [-0.2, 0) is 20.8 Å². The molecule has 0 unspecified atom stereocenters. The van der Waals surface area contributed by atoms with E-state index in [-0.39, 0.29) is 42.5 Å². The number of para-hydroxylation sites is 1. The minimum Gasteiger partial charge on any atom is -0.496 e. The van der Waals surface area contributed by atoms with Crippen LogP contribution in [0.15, 0.2) is 54.6 Å². The number of carbonyl (C=O) groups is 3. The first-order valence-corrected chi connectivity index (χ1v) is 8.85. The zero-order valence-electron chi connectivity index (χ0n) is 14.8. The van der Waals surface area contributed by atoms with E-state index in [9.17, 15) is 14.4 Å². The lowest BCUT2D eigenvalue weighted by atomic mass is 9.74. The number of methoxy groups -OCH3 is 1. The fraction of sp³-hybridized carbons (Fsp3) is 0.318. The summed E-state index contributed by atoms with van der Waals surface area (Å²) in [5.74, 6) is -1.28. The molecule has 0 saturated heterocycles. The molecule has 4 heteroatoms.